The van der Waals surface area contributed by atoms with Crippen LogP contribution in [0.2, 0.25) is 0 Å². The number of ether oxygens (including phenoxy) is 1. The predicted octanol–water partition coefficient (Wildman–Crippen LogP) is 6.06. The number of thiophene rings is 1. The third-order valence-electron chi connectivity index (χ3n) is 5.38. The van der Waals surface area contributed by atoms with Crippen LogP contribution in [0.15, 0.2) is 96.6 Å². The second-order valence-corrected chi connectivity index (χ2v) is 8.64. The molecule has 5 aromatic rings. The minimum absolute atomic E-state index is 0.202. The van der Waals surface area contributed by atoms with E-state index in [2.05, 4.69) is 20.7 Å². The summed E-state index contributed by atoms with van der Waals surface area (Å²) < 4.78 is 6.88. The predicted molar refractivity (Wildman–Crippen MR) is 141 cm³/mol. The van der Waals surface area contributed by atoms with Crippen LogP contribution in [0, 0.1) is 0 Å². The Morgan fingerprint density at radius 1 is 0.971 bits per heavy atom. The lowest BCUT2D eigenvalue weighted by molar-refractivity contribution is -0.116. The summed E-state index contributed by atoms with van der Waals surface area (Å²) in [6.07, 6.45) is 6.66. The number of pyridine rings is 2. The van der Waals surface area contributed by atoms with Crippen LogP contribution in [0.3, 0.4) is 0 Å². The standard InChI is InChI=1S/C28H22N4O2S/c29-28-26-24(19-9-12-23(13-10-19)34-22-7-2-1-3-8-22)18-35-27(26)20(16-32-28)11-14-25(33)31-17-21-6-4-5-15-30-21/h1-16,18H,17H2,(H2,29,32)(H,31,33)/b14-11+. The second-order valence-electron chi connectivity index (χ2n) is 7.76. The van der Waals surface area contributed by atoms with Gasteiger partial charge in [0.2, 0.25) is 5.91 Å². The minimum Gasteiger partial charge on any atom is -0.457 e. The molecule has 0 saturated heterocycles. The number of rotatable bonds is 7. The molecule has 5 rings (SSSR count). The van der Waals surface area contributed by atoms with Crippen LogP contribution in [-0.4, -0.2) is 15.9 Å². The molecule has 0 aliphatic carbocycles. The Morgan fingerprint density at radius 2 is 1.74 bits per heavy atom. The monoisotopic (exact) mass is 478 g/mol. The summed E-state index contributed by atoms with van der Waals surface area (Å²) in [7, 11) is 0. The molecule has 0 radical (unpaired) electrons. The van der Waals surface area contributed by atoms with Gasteiger partial charge in [0, 0.05) is 39.7 Å². The number of nitrogens with one attached hydrogen (secondary N) is 1. The molecule has 0 bridgehead atoms. The summed E-state index contributed by atoms with van der Waals surface area (Å²) in [6, 6.07) is 23.1. The van der Waals surface area contributed by atoms with Gasteiger partial charge in [-0.1, -0.05) is 36.4 Å². The summed E-state index contributed by atoms with van der Waals surface area (Å²) in [5, 5.41) is 5.78. The summed E-state index contributed by atoms with van der Waals surface area (Å²) >= 11 is 1.57. The van der Waals surface area contributed by atoms with E-state index < -0.39 is 0 Å². The number of hydrogen-bond donors (Lipinski definition) is 2. The van der Waals surface area contributed by atoms with Crippen molar-refractivity contribution in [3.05, 3.63) is 108 Å². The average Bonchev–Trinajstić information content (AvgIpc) is 3.35. The molecule has 3 heterocycles. The second kappa shape index (κ2) is 10.2. The number of anilines is 1. The molecule has 3 N–H and O–H groups in total. The zero-order valence-corrected chi connectivity index (χ0v) is 19.5. The molecule has 3 aromatic heterocycles. The van der Waals surface area contributed by atoms with Crippen molar-refractivity contribution in [1.82, 2.24) is 15.3 Å². The van der Waals surface area contributed by atoms with Crippen LogP contribution in [0.4, 0.5) is 5.82 Å². The van der Waals surface area contributed by atoms with Gasteiger partial charge in [-0.05, 0) is 53.4 Å². The van der Waals surface area contributed by atoms with Gasteiger partial charge in [-0.3, -0.25) is 9.78 Å². The van der Waals surface area contributed by atoms with Gasteiger partial charge in [0.1, 0.15) is 17.3 Å². The molecule has 0 atom stereocenters. The molecule has 1 amide bonds. The van der Waals surface area contributed by atoms with Crippen molar-refractivity contribution in [1.29, 1.82) is 0 Å². The van der Waals surface area contributed by atoms with Crippen LogP contribution >= 0.6 is 11.3 Å². The summed E-state index contributed by atoms with van der Waals surface area (Å²) in [5.74, 6) is 1.80. The lowest BCUT2D eigenvalue weighted by Crippen LogP contribution is -2.20. The topological polar surface area (TPSA) is 90.1 Å². The SMILES string of the molecule is Nc1ncc(/C=C/C(=O)NCc2ccccn2)c2scc(-c3ccc(Oc4ccccc4)cc3)c12. The number of carbonyl (C=O) groups is 1. The van der Waals surface area contributed by atoms with Gasteiger partial charge in [-0.2, -0.15) is 0 Å². The van der Waals surface area contributed by atoms with Gasteiger partial charge in [0.15, 0.2) is 0 Å². The first-order chi connectivity index (χ1) is 17.2. The smallest absolute Gasteiger partial charge is 0.244 e. The Morgan fingerprint density at radius 3 is 2.51 bits per heavy atom. The number of hydrogen-bond acceptors (Lipinski definition) is 6. The average molecular weight is 479 g/mol. The van der Waals surface area contributed by atoms with Gasteiger partial charge in [-0.25, -0.2) is 4.98 Å². The number of amides is 1. The van der Waals surface area contributed by atoms with E-state index in [0.717, 1.165) is 44.0 Å². The van der Waals surface area contributed by atoms with E-state index in [-0.39, 0.29) is 5.91 Å². The first kappa shape index (κ1) is 22.3. The molecule has 0 aliphatic heterocycles. The van der Waals surface area contributed by atoms with E-state index >= 15 is 0 Å². The molecule has 172 valence electrons. The van der Waals surface area contributed by atoms with E-state index in [1.54, 1.807) is 29.8 Å². The number of benzene rings is 2. The molecule has 2 aromatic carbocycles. The zero-order chi connectivity index (χ0) is 24.0. The fourth-order valence-electron chi connectivity index (χ4n) is 3.65. The summed E-state index contributed by atoms with van der Waals surface area (Å²) in [5.41, 5.74) is 9.91. The van der Waals surface area contributed by atoms with Crippen LogP contribution in [0.1, 0.15) is 11.3 Å². The number of carbonyl (C=O) groups excluding carboxylic acids is 1. The molecule has 0 spiro atoms. The maximum atomic E-state index is 12.3. The van der Waals surface area contributed by atoms with Gasteiger partial charge in [0.25, 0.3) is 0 Å². The van der Waals surface area contributed by atoms with Crippen molar-refractivity contribution >= 4 is 39.2 Å². The van der Waals surface area contributed by atoms with E-state index in [1.807, 2.05) is 72.8 Å². The van der Waals surface area contributed by atoms with Crippen LogP contribution in [-0.2, 0) is 11.3 Å². The molecule has 0 saturated carbocycles. The van der Waals surface area contributed by atoms with Crippen molar-refractivity contribution in [2.75, 3.05) is 5.73 Å². The Balaban J connectivity index is 1.35. The molecule has 6 nitrogen and oxygen atoms in total. The van der Waals surface area contributed by atoms with Crippen molar-refractivity contribution in [2.45, 2.75) is 6.54 Å². The highest BCUT2D eigenvalue weighted by Gasteiger charge is 2.13. The van der Waals surface area contributed by atoms with Gasteiger partial charge in [-0.15, -0.1) is 11.3 Å². The highest BCUT2D eigenvalue weighted by molar-refractivity contribution is 7.18. The first-order valence-corrected chi connectivity index (χ1v) is 11.9. The van der Waals surface area contributed by atoms with Crippen LogP contribution in [0.25, 0.3) is 27.3 Å². The Labute approximate surface area is 206 Å². The molecule has 0 aliphatic rings. The van der Waals surface area contributed by atoms with E-state index in [1.165, 1.54) is 6.08 Å². The molecule has 35 heavy (non-hydrogen) atoms. The number of aromatic nitrogens is 2. The maximum Gasteiger partial charge on any atom is 0.244 e. The van der Waals surface area contributed by atoms with Crippen molar-refractivity contribution < 1.29 is 9.53 Å². The lowest BCUT2D eigenvalue weighted by atomic mass is 10.0. The molecule has 7 heteroatoms. The van der Waals surface area contributed by atoms with Gasteiger partial charge >= 0.3 is 0 Å². The molecule has 0 fully saturated rings. The number of nitrogens with two attached hydrogens (primary N) is 1. The largest absolute Gasteiger partial charge is 0.457 e. The lowest BCUT2D eigenvalue weighted by Gasteiger charge is -2.07. The Bertz CT molecular complexity index is 1480. The van der Waals surface area contributed by atoms with Gasteiger partial charge in [0.05, 0.1) is 12.2 Å². The molecular weight excluding hydrogens is 456 g/mol. The zero-order valence-electron chi connectivity index (χ0n) is 18.7. The van der Waals surface area contributed by atoms with Crippen molar-refractivity contribution in [3.8, 4) is 22.6 Å². The van der Waals surface area contributed by atoms with Gasteiger partial charge < -0.3 is 15.8 Å². The molecule has 0 unspecified atom stereocenters. The van der Waals surface area contributed by atoms with Crippen LogP contribution < -0.4 is 15.8 Å². The minimum atomic E-state index is -0.202. The van der Waals surface area contributed by atoms with Crippen molar-refractivity contribution in [3.63, 3.8) is 0 Å². The van der Waals surface area contributed by atoms with E-state index in [9.17, 15) is 4.79 Å². The molecular formula is C28H22N4O2S. The summed E-state index contributed by atoms with van der Waals surface area (Å²) in [4.78, 5) is 20.9. The first-order valence-electron chi connectivity index (χ1n) is 11.0. The Hall–Kier alpha value is -4.49. The number of para-hydroxylation sites is 1. The third-order valence-corrected chi connectivity index (χ3v) is 6.41. The quantitative estimate of drug-likeness (QED) is 0.277. The summed E-state index contributed by atoms with van der Waals surface area (Å²) in [6.45, 7) is 0.368. The number of fused-ring (bicyclic) bond motifs is 1. The van der Waals surface area contributed by atoms with Crippen molar-refractivity contribution in [2.24, 2.45) is 0 Å². The highest BCUT2D eigenvalue weighted by Crippen LogP contribution is 2.39. The third kappa shape index (κ3) is 5.20. The maximum absolute atomic E-state index is 12.3. The fourth-order valence-corrected chi connectivity index (χ4v) is 4.73. The fraction of sp³-hybridized carbons (Fsp3) is 0.0357. The number of nitrogen functional groups attached to an aromatic ring is 1. The normalized spacial score (nSPS) is 11.1. The number of nitrogens with zero attached hydrogens (tertiary/aromatic N) is 2. The Kier molecular flexibility index (Phi) is 6.50. The van der Waals surface area contributed by atoms with E-state index in [0.29, 0.717) is 12.4 Å². The highest BCUT2D eigenvalue weighted by atomic mass is 32.1. The van der Waals surface area contributed by atoms with Crippen LogP contribution in [0.5, 0.6) is 11.5 Å². The van der Waals surface area contributed by atoms with E-state index in [4.69, 9.17) is 10.5 Å².